The van der Waals surface area contributed by atoms with Gasteiger partial charge in [-0.3, -0.25) is 0 Å². The Bertz CT molecular complexity index is 590. The summed E-state index contributed by atoms with van der Waals surface area (Å²) in [7, 11) is 0. The van der Waals surface area contributed by atoms with Crippen LogP contribution in [0.5, 0.6) is 0 Å². The quantitative estimate of drug-likeness (QED) is 0.215. The van der Waals surface area contributed by atoms with Crippen LogP contribution in [-0.4, -0.2) is 54.8 Å². The molecule has 90 valence electrons. The molecule has 0 fully saturated rings. The third kappa shape index (κ3) is 3.22. The number of rotatable bonds is 1. The maximum absolute atomic E-state index is 11.8. The van der Waals surface area contributed by atoms with Crippen LogP contribution in [0.15, 0.2) is 47.6 Å². The molecule has 5 heteroatoms. The molecule has 0 amide bonds. The Morgan fingerprint density at radius 3 is 2.56 bits per heavy atom. The number of fused-ring (bicyclic) bond motifs is 1. The SMILES string of the molecule is CC(=NO)OC(=O)c1cccc2ccccc12.[CaH2]. The molecule has 0 unspecified atom stereocenters. The molecule has 2 aromatic rings. The molecule has 0 aliphatic heterocycles. The van der Waals surface area contributed by atoms with E-state index in [1.807, 2.05) is 30.3 Å². The molecule has 0 bridgehead atoms. The van der Waals surface area contributed by atoms with Crippen LogP contribution in [0, 0.1) is 0 Å². The van der Waals surface area contributed by atoms with E-state index >= 15 is 0 Å². The average Bonchev–Trinajstić information content (AvgIpc) is 2.37. The second kappa shape index (κ2) is 6.73. The predicted octanol–water partition coefficient (Wildman–Crippen LogP) is 1.89. The van der Waals surface area contributed by atoms with E-state index in [-0.39, 0.29) is 43.6 Å². The predicted molar refractivity (Wildman–Crippen MR) is 72.8 cm³/mol. The molecule has 0 aromatic heterocycles. The molecule has 0 aliphatic carbocycles. The van der Waals surface area contributed by atoms with E-state index in [4.69, 9.17) is 9.94 Å². The van der Waals surface area contributed by atoms with Crippen LogP contribution in [0.4, 0.5) is 0 Å². The van der Waals surface area contributed by atoms with Gasteiger partial charge >= 0.3 is 43.7 Å². The van der Waals surface area contributed by atoms with Crippen molar-refractivity contribution in [2.24, 2.45) is 5.16 Å². The summed E-state index contributed by atoms with van der Waals surface area (Å²) >= 11 is 0. The van der Waals surface area contributed by atoms with Gasteiger partial charge in [-0.05, 0) is 16.8 Å². The van der Waals surface area contributed by atoms with Gasteiger partial charge in [-0.25, -0.2) is 4.79 Å². The van der Waals surface area contributed by atoms with E-state index in [1.54, 1.807) is 12.1 Å². The Hall–Kier alpha value is -1.10. The van der Waals surface area contributed by atoms with E-state index in [2.05, 4.69) is 5.16 Å². The number of carbonyl (C=O) groups excluding carboxylic acids is 1. The molecule has 0 spiro atoms. The van der Waals surface area contributed by atoms with Gasteiger partial charge in [0.15, 0.2) is 0 Å². The van der Waals surface area contributed by atoms with Crippen molar-refractivity contribution in [1.82, 2.24) is 0 Å². The molecular formula is C13H13CaNO3. The molecule has 0 atom stereocenters. The molecule has 4 nitrogen and oxygen atoms in total. The van der Waals surface area contributed by atoms with Gasteiger partial charge in [0.2, 0.25) is 5.90 Å². The van der Waals surface area contributed by atoms with E-state index in [1.165, 1.54) is 6.92 Å². The Labute approximate surface area is 134 Å². The van der Waals surface area contributed by atoms with Crippen molar-refractivity contribution in [3.05, 3.63) is 48.0 Å². The van der Waals surface area contributed by atoms with Crippen LogP contribution in [0.3, 0.4) is 0 Å². The average molecular weight is 271 g/mol. The molecular weight excluding hydrogens is 258 g/mol. The fourth-order valence-corrected chi connectivity index (χ4v) is 1.61. The van der Waals surface area contributed by atoms with Crippen molar-refractivity contribution >= 4 is 60.4 Å². The fraction of sp³-hybridized carbons (Fsp3) is 0.0769. The van der Waals surface area contributed by atoms with Gasteiger partial charge in [0.1, 0.15) is 0 Å². The summed E-state index contributed by atoms with van der Waals surface area (Å²) in [6.45, 7) is 1.41. The van der Waals surface area contributed by atoms with Gasteiger partial charge in [-0.2, -0.15) is 0 Å². The van der Waals surface area contributed by atoms with Crippen molar-refractivity contribution in [2.75, 3.05) is 0 Å². The zero-order chi connectivity index (χ0) is 12.3. The Kier molecular flexibility index (Phi) is 5.59. The van der Waals surface area contributed by atoms with Crippen molar-refractivity contribution in [2.45, 2.75) is 6.92 Å². The first-order valence-electron chi connectivity index (χ1n) is 5.11. The first kappa shape index (κ1) is 15.0. The molecule has 1 N–H and O–H groups in total. The summed E-state index contributed by atoms with van der Waals surface area (Å²) in [4.78, 5) is 11.8. The van der Waals surface area contributed by atoms with Crippen LogP contribution in [0.2, 0.25) is 0 Å². The van der Waals surface area contributed by atoms with E-state index < -0.39 is 5.97 Å². The zero-order valence-corrected chi connectivity index (χ0v) is 9.25. The molecule has 0 radical (unpaired) electrons. The number of carbonyl (C=O) groups is 1. The molecule has 18 heavy (non-hydrogen) atoms. The van der Waals surface area contributed by atoms with Crippen LogP contribution in [-0.2, 0) is 4.74 Å². The van der Waals surface area contributed by atoms with Gasteiger partial charge in [0.25, 0.3) is 0 Å². The number of hydrogen-bond donors (Lipinski definition) is 1. The minimum atomic E-state index is -0.530. The monoisotopic (exact) mass is 271 g/mol. The number of esters is 1. The van der Waals surface area contributed by atoms with Crippen molar-refractivity contribution in [3.8, 4) is 0 Å². The number of benzene rings is 2. The summed E-state index contributed by atoms with van der Waals surface area (Å²) in [5, 5.41) is 13.0. The van der Waals surface area contributed by atoms with Crippen LogP contribution >= 0.6 is 0 Å². The topological polar surface area (TPSA) is 58.9 Å². The Balaban J connectivity index is 0.00000162. The van der Waals surface area contributed by atoms with E-state index in [0.717, 1.165) is 10.8 Å². The number of nitrogens with zero attached hydrogens (tertiary/aromatic N) is 1. The van der Waals surface area contributed by atoms with Gasteiger partial charge in [0, 0.05) is 6.92 Å². The fourth-order valence-electron chi connectivity index (χ4n) is 1.61. The standard InChI is InChI=1S/C13H11NO3.Ca.2H/c1-9(14-16)17-13(15)12-8-4-6-10-5-2-3-7-11(10)12;;;/h2-8,16H,1H3;;;. The normalized spacial score (nSPS) is 10.8. The zero-order valence-electron chi connectivity index (χ0n) is 9.25. The molecule has 2 aromatic carbocycles. The maximum atomic E-state index is 11.8. The Morgan fingerprint density at radius 1 is 1.17 bits per heavy atom. The van der Waals surface area contributed by atoms with Crippen molar-refractivity contribution in [3.63, 3.8) is 0 Å². The van der Waals surface area contributed by atoms with Crippen LogP contribution in [0.25, 0.3) is 10.8 Å². The molecule has 0 heterocycles. The first-order chi connectivity index (χ1) is 8.22. The third-order valence-electron chi connectivity index (χ3n) is 2.39. The second-order valence-electron chi connectivity index (χ2n) is 3.54. The molecule has 0 aliphatic rings. The summed E-state index contributed by atoms with van der Waals surface area (Å²) in [6, 6.07) is 12.9. The summed E-state index contributed by atoms with van der Waals surface area (Å²) in [5.41, 5.74) is 0.450. The molecule has 0 saturated carbocycles. The number of oxime groups is 1. The van der Waals surface area contributed by atoms with E-state index in [9.17, 15) is 4.79 Å². The third-order valence-corrected chi connectivity index (χ3v) is 2.39. The van der Waals surface area contributed by atoms with Crippen LogP contribution in [0.1, 0.15) is 17.3 Å². The van der Waals surface area contributed by atoms with Crippen molar-refractivity contribution < 1.29 is 14.7 Å². The minimum absolute atomic E-state index is 0. The van der Waals surface area contributed by atoms with E-state index in [0.29, 0.717) is 5.56 Å². The summed E-state index contributed by atoms with van der Waals surface area (Å²) in [6.07, 6.45) is 0. The summed E-state index contributed by atoms with van der Waals surface area (Å²) in [5.74, 6) is -0.611. The van der Waals surface area contributed by atoms with Gasteiger partial charge in [-0.15, -0.1) is 0 Å². The van der Waals surface area contributed by atoms with Crippen molar-refractivity contribution in [1.29, 1.82) is 0 Å². The first-order valence-corrected chi connectivity index (χ1v) is 5.11. The van der Waals surface area contributed by atoms with Gasteiger partial charge < -0.3 is 9.94 Å². The molecule has 0 saturated heterocycles. The summed E-state index contributed by atoms with van der Waals surface area (Å²) < 4.78 is 4.85. The molecule has 2 rings (SSSR count). The Morgan fingerprint density at radius 2 is 1.83 bits per heavy atom. The van der Waals surface area contributed by atoms with Gasteiger partial charge in [0.05, 0.1) is 5.56 Å². The number of hydrogen-bond acceptors (Lipinski definition) is 4. The van der Waals surface area contributed by atoms with Crippen LogP contribution < -0.4 is 0 Å². The number of ether oxygens (including phenoxy) is 1. The second-order valence-corrected chi connectivity index (χ2v) is 3.54. The van der Waals surface area contributed by atoms with Gasteiger partial charge in [-0.1, -0.05) is 41.6 Å².